The van der Waals surface area contributed by atoms with Gasteiger partial charge in [-0.25, -0.2) is 0 Å². The maximum absolute atomic E-state index is 4.08. The molecule has 0 fully saturated rings. The van der Waals surface area contributed by atoms with Gasteiger partial charge in [-0.15, -0.1) is 5.10 Å². The molecule has 90 valence electrons. The molecule has 0 radical (unpaired) electrons. The van der Waals surface area contributed by atoms with Gasteiger partial charge in [-0.3, -0.25) is 0 Å². The van der Waals surface area contributed by atoms with Gasteiger partial charge in [-0.2, -0.15) is 16.9 Å². The van der Waals surface area contributed by atoms with Crippen molar-refractivity contribution in [3.05, 3.63) is 17.8 Å². The fourth-order valence-corrected chi connectivity index (χ4v) is 2.46. The largest absolute Gasteiger partial charge is 0.367 e. The first-order chi connectivity index (χ1) is 7.65. The van der Waals surface area contributed by atoms with E-state index in [-0.39, 0.29) is 0 Å². The number of anilines is 1. The third kappa shape index (κ3) is 3.37. The fraction of sp³-hybridized carbons (Fsp3) is 0.667. The van der Waals surface area contributed by atoms with Crippen LogP contribution in [0.4, 0.5) is 5.82 Å². The monoisotopic (exact) mass is 239 g/mol. The Morgan fingerprint density at radius 1 is 1.38 bits per heavy atom. The van der Waals surface area contributed by atoms with Crippen molar-refractivity contribution in [2.75, 3.05) is 18.1 Å². The normalized spacial score (nSPS) is 11.5. The van der Waals surface area contributed by atoms with E-state index in [2.05, 4.69) is 35.6 Å². The second-order valence-electron chi connectivity index (χ2n) is 4.07. The molecule has 0 unspecified atom stereocenters. The molecule has 0 aliphatic carbocycles. The Morgan fingerprint density at radius 3 is 2.56 bits per heavy atom. The first kappa shape index (κ1) is 13.3. The number of hydrogen-bond acceptors (Lipinski definition) is 4. The van der Waals surface area contributed by atoms with Crippen LogP contribution in [0.2, 0.25) is 0 Å². The lowest BCUT2D eigenvalue weighted by Gasteiger charge is -2.29. The molecule has 4 heteroatoms. The van der Waals surface area contributed by atoms with Crippen molar-refractivity contribution in [3.8, 4) is 0 Å². The van der Waals surface area contributed by atoms with E-state index in [1.807, 2.05) is 24.8 Å². The lowest BCUT2D eigenvalue weighted by Crippen LogP contribution is -2.32. The Bertz CT molecular complexity index is 316. The fourth-order valence-electron chi connectivity index (χ4n) is 1.66. The average Bonchev–Trinajstić information content (AvgIpc) is 2.32. The van der Waals surface area contributed by atoms with Gasteiger partial charge in [0, 0.05) is 11.3 Å². The second-order valence-corrected chi connectivity index (χ2v) is 5.34. The predicted molar refractivity (Wildman–Crippen MR) is 72.1 cm³/mol. The summed E-state index contributed by atoms with van der Waals surface area (Å²) >= 11 is 1.93. The molecule has 0 amide bonds. The summed E-state index contributed by atoms with van der Waals surface area (Å²) in [6.45, 7) is 7.45. The van der Waals surface area contributed by atoms with Crippen molar-refractivity contribution < 1.29 is 0 Å². The van der Waals surface area contributed by atoms with Crippen molar-refractivity contribution in [2.45, 2.75) is 38.4 Å². The molecule has 0 aliphatic heterocycles. The molecule has 1 N–H and O–H groups in total. The highest BCUT2D eigenvalue weighted by atomic mass is 32.2. The second kappa shape index (κ2) is 6.09. The third-order valence-electron chi connectivity index (χ3n) is 3.10. The molecule has 16 heavy (non-hydrogen) atoms. The summed E-state index contributed by atoms with van der Waals surface area (Å²) in [5.74, 6) is 0.875. The molecule has 0 bridgehead atoms. The first-order valence-corrected chi connectivity index (χ1v) is 6.96. The molecule has 1 aromatic heterocycles. The molecule has 1 rings (SSSR count). The number of nitrogens with zero attached hydrogens (tertiary/aromatic N) is 2. The molecule has 1 heterocycles. The summed E-state index contributed by atoms with van der Waals surface area (Å²) in [7, 11) is 0. The van der Waals surface area contributed by atoms with Crippen LogP contribution in [0.5, 0.6) is 0 Å². The molecule has 0 spiro atoms. The van der Waals surface area contributed by atoms with Crippen molar-refractivity contribution in [3.63, 3.8) is 0 Å². The topological polar surface area (TPSA) is 37.8 Å². The van der Waals surface area contributed by atoms with E-state index < -0.39 is 0 Å². The van der Waals surface area contributed by atoms with E-state index in [4.69, 9.17) is 0 Å². The SMILES string of the molecule is CCC(CC)(CNc1cc(C)cnn1)SC. The molecular formula is C12H21N3S. The van der Waals surface area contributed by atoms with Gasteiger partial charge in [-0.1, -0.05) is 13.8 Å². The average molecular weight is 239 g/mol. The molecule has 0 saturated heterocycles. The molecule has 1 aromatic rings. The summed E-state index contributed by atoms with van der Waals surface area (Å²) < 4.78 is 0.311. The number of aryl methyl sites for hydroxylation is 1. The number of nitrogens with one attached hydrogen (secondary N) is 1. The van der Waals surface area contributed by atoms with Crippen LogP contribution in [-0.2, 0) is 0 Å². The van der Waals surface area contributed by atoms with E-state index in [1.165, 1.54) is 0 Å². The minimum Gasteiger partial charge on any atom is -0.367 e. The van der Waals surface area contributed by atoms with Gasteiger partial charge in [0.15, 0.2) is 0 Å². The van der Waals surface area contributed by atoms with Crippen LogP contribution in [0.25, 0.3) is 0 Å². The molecule has 0 saturated carbocycles. The number of aromatic nitrogens is 2. The molecule has 0 aliphatic rings. The maximum Gasteiger partial charge on any atom is 0.148 e. The van der Waals surface area contributed by atoms with Crippen LogP contribution in [0.3, 0.4) is 0 Å². The van der Waals surface area contributed by atoms with Crippen LogP contribution in [0, 0.1) is 6.92 Å². The molecular weight excluding hydrogens is 218 g/mol. The molecule has 0 aromatic carbocycles. The summed E-state index contributed by atoms with van der Waals surface area (Å²) in [6.07, 6.45) is 6.27. The van der Waals surface area contributed by atoms with Crippen molar-refractivity contribution in [1.29, 1.82) is 0 Å². The van der Waals surface area contributed by atoms with Crippen LogP contribution >= 0.6 is 11.8 Å². The number of rotatable bonds is 6. The Morgan fingerprint density at radius 2 is 2.06 bits per heavy atom. The summed E-state index contributed by atoms with van der Waals surface area (Å²) in [5, 5.41) is 11.4. The zero-order chi connectivity index (χ0) is 12.0. The maximum atomic E-state index is 4.08. The molecule has 3 nitrogen and oxygen atoms in total. The van der Waals surface area contributed by atoms with Gasteiger partial charge in [0.25, 0.3) is 0 Å². The minimum absolute atomic E-state index is 0.311. The van der Waals surface area contributed by atoms with Gasteiger partial charge in [0.05, 0.1) is 6.20 Å². The Hall–Kier alpha value is -0.770. The van der Waals surface area contributed by atoms with Crippen LogP contribution in [0.1, 0.15) is 32.3 Å². The van der Waals surface area contributed by atoms with Crippen LogP contribution < -0.4 is 5.32 Å². The molecule has 0 atom stereocenters. The van der Waals surface area contributed by atoms with Gasteiger partial charge in [0.1, 0.15) is 5.82 Å². The lowest BCUT2D eigenvalue weighted by atomic mass is 10.0. The highest BCUT2D eigenvalue weighted by molar-refractivity contribution is 8.00. The van der Waals surface area contributed by atoms with Gasteiger partial charge in [0.2, 0.25) is 0 Å². The van der Waals surface area contributed by atoms with Crippen LogP contribution in [-0.4, -0.2) is 27.7 Å². The summed E-state index contributed by atoms with van der Waals surface area (Å²) in [5.41, 5.74) is 1.14. The Labute approximate surface area is 102 Å². The van der Waals surface area contributed by atoms with Crippen molar-refractivity contribution in [2.24, 2.45) is 0 Å². The van der Waals surface area contributed by atoms with Crippen molar-refractivity contribution >= 4 is 17.6 Å². The third-order valence-corrected chi connectivity index (χ3v) is 4.69. The van der Waals surface area contributed by atoms with E-state index in [0.29, 0.717) is 4.75 Å². The van der Waals surface area contributed by atoms with E-state index in [1.54, 1.807) is 6.20 Å². The van der Waals surface area contributed by atoms with E-state index >= 15 is 0 Å². The van der Waals surface area contributed by atoms with E-state index in [9.17, 15) is 0 Å². The number of thioether (sulfide) groups is 1. The lowest BCUT2D eigenvalue weighted by molar-refractivity contribution is 0.573. The number of hydrogen-bond donors (Lipinski definition) is 1. The van der Waals surface area contributed by atoms with Crippen LogP contribution in [0.15, 0.2) is 12.3 Å². The van der Waals surface area contributed by atoms with Gasteiger partial charge < -0.3 is 5.32 Å². The summed E-state index contributed by atoms with van der Waals surface area (Å²) in [4.78, 5) is 0. The quantitative estimate of drug-likeness (QED) is 0.827. The van der Waals surface area contributed by atoms with Gasteiger partial charge >= 0.3 is 0 Å². The first-order valence-electron chi connectivity index (χ1n) is 5.74. The zero-order valence-corrected chi connectivity index (χ0v) is 11.4. The van der Waals surface area contributed by atoms with Gasteiger partial charge in [-0.05, 0) is 37.7 Å². The summed E-state index contributed by atoms with van der Waals surface area (Å²) in [6, 6.07) is 2.03. The van der Waals surface area contributed by atoms with E-state index in [0.717, 1.165) is 30.8 Å². The smallest absolute Gasteiger partial charge is 0.148 e. The van der Waals surface area contributed by atoms with Crippen molar-refractivity contribution in [1.82, 2.24) is 10.2 Å². The highest BCUT2D eigenvalue weighted by Crippen LogP contribution is 2.30. The predicted octanol–water partition coefficient (Wildman–Crippen LogP) is 3.12. The standard InChI is InChI=1S/C12H21N3S/c1-5-12(6-2,16-4)9-13-11-7-10(3)8-14-15-11/h7-8H,5-6,9H2,1-4H3,(H,13,15). The zero-order valence-electron chi connectivity index (χ0n) is 10.6. The Balaban J connectivity index is 2.62. The minimum atomic E-state index is 0.311. The highest BCUT2D eigenvalue weighted by Gasteiger charge is 2.24. The Kier molecular flexibility index (Phi) is 5.06.